The standard InChI is InChI=1S/C12H15ClN4O/c1-3-4-17-8-11(7-14-17)18-12-15-9(2)5-10(6-13)16-12/h5,7-8H,3-4,6H2,1-2H3. The molecule has 2 aromatic rings. The van der Waals surface area contributed by atoms with Crippen LogP contribution >= 0.6 is 11.6 Å². The van der Waals surface area contributed by atoms with Gasteiger partial charge in [-0.3, -0.25) is 4.68 Å². The second kappa shape index (κ2) is 5.82. The Balaban J connectivity index is 2.14. The maximum Gasteiger partial charge on any atom is 0.322 e. The quantitative estimate of drug-likeness (QED) is 0.781. The predicted octanol–water partition coefficient (Wildman–Crippen LogP) is 2.92. The summed E-state index contributed by atoms with van der Waals surface area (Å²) in [7, 11) is 0. The molecule has 2 rings (SSSR count). The van der Waals surface area contributed by atoms with Crippen LogP contribution in [0.3, 0.4) is 0 Å². The van der Waals surface area contributed by atoms with Crippen LogP contribution in [-0.4, -0.2) is 19.7 Å². The second-order valence-electron chi connectivity index (χ2n) is 3.96. The lowest BCUT2D eigenvalue weighted by atomic mass is 10.4. The zero-order valence-corrected chi connectivity index (χ0v) is 11.2. The van der Waals surface area contributed by atoms with Gasteiger partial charge in [0.2, 0.25) is 0 Å². The Bertz CT molecular complexity index is 527. The van der Waals surface area contributed by atoms with E-state index in [1.54, 1.807) is 6.20 Å². The fourth-order valence-electron chi connectivity index (χ4n) is 1.57. The molecule has 96 valence electrons. The van der Waals surface area contributed by atoms with E-state index in [9.17, 15) is 0 Å². The summed E-state index contributed by atoms with van der Waals surface area (Å²) < 4.78 is 7.39. The maximum atomic E-state index is 5.76. The molecule has 18 heavy (non-hydrogen) atoms. The van der Waals surface area contributed by atoms with Crippen LogP contribution in [0, 0.1) is 6.92 Å². The van der Waals surface area contributed by atoms with Crippen LogP contribution in [0.4, 0.5) is 0 Å². The average Bonchev–Trinajstić information content (AvgIpc) is 2.76. The van der Waals surface area contributed by atoms with E-state index in [1.807, 2.05) is 23.9 Å². The Kier molecular flexibility index (Phi) is 4.15. The summed E-state index contributed by atoms with van der Waals surface area (Å²) in [6, 6.07) is 2.14. The smallest absolute Gasteiger partial charge is 0.322 e. The molecule has 0 spiro atoms. The predicted molar refractivity (Wildman–Crippen MR) is 68.9 cm³/mol. The molecule has 0 atom stereocenters. The Labute approximate surface area is 111 Å². The van der Waals surface area contributed by atoms with Crippen LogP contribution in [0.15, 0.2) is 18.5 Å². The van der Waals surface area contributed by atoms with Crippen molar-refractivity contribution in [1.82, 2.24) is 19.7 Å². The highest BCUT2D eigenvalue weighted by atomic mass is 35.5. The van der Waals surface area contributed by atoms with Crippen LogP contribution in [0.25, 0.3) is 0 Å². The zero-order chi connectivity index (χ0) is 13.0. The van der Waals surface area contributed by atoms with Gasteiger partial charge in [0.25, 0.3) is 0 Å². The van der Waals surface area contributed by atoms with E-state index < -0.39 is 0 Å². The van der Waals surface area contributed by atoms with Gasteiger partial charge in [-0.15, -0.1) is 11.6 Å². The minimum Gasteiger partial charge on any atom is -0.421 e. The molecule has 0 aliphatic rings. The van der Waals surface area contributed by atoms with Crippen LogP contribution in [0.2, 0.25) is 0 Å². The fraction of sp³-hybridized carbons (Fsp3) is 0.417. The number of aryl methyl sites for hydroxylation is 2. The molecule has 0 aromatic carbocycles. The molecule has 0 N–H and O–H groups in total. The lowest BCUT2D eigenvalue weighted by Crippen LogP contribution is -1.97. The number of ether oxygens (including phenoxy) is 1. The molecular weight excluding hydrogens is 252 g/mol. The zero-order valence-electron chi connectivity index (χ0n) is 10.4. The molecule has 0 aliphatic carbocycles. The fourth-order valence-corrected chi connectivity index (χ4v) is 1.71. The van der Waals surface area contributed by atoms with Crippen molar-refractivity contribution in [2.24, 2.45) is 0 Å². The molecule has 0 saturated carbocycles. The molecule has 2 heterocycles. The molecule has 0 radical (unpaired) electrons. The highest BCUT2D eigenvalue weighted by Crippen LogP contribution is 2.18. The molecule has 0 saturated heterocycles. The number of halogens is 1. The van der Waals surface area contributed by atoms with Gasteiger partial charge in [0.1, 0.15) is 0 Å². The number of hydrogen-bond acceptors (Lipinski definition) is 4. The van der Waals surface area contributed by atoms with Gasteiger partial charge in [-0.1, -0.05) is 6.92 Å². The molecule has 0 unspecified atom stereocenters. The highest BCUT2D eigenvalue weighted by molar-refractivity contribution is 6.16. The first-order valence-electron chi connectivity index (χ1n) is 5.82. The van der Waals surface area contributed by atoms with E-state index in [2.05, 4.69) is 22.0 Å². The Morgan fingerprint density at radius 2 is 2.22 bits per heavy atom. The minimum atomic E-state index is 0.307. The lowest BCUT2D eigenvalue weighted by Gasteiger charge is -2.03. The van der Waals surface area contributed by atoms with Crippen molar-refractivity contribution in [3.63, 3.8) is 0 Å². The van der Waals surface area contributed by atoms with E-state index >= 15 is 0 Å². The first kappa shape index (κ1) is 12.8. The molecule has 5 nitrogen and oxygen atoms in total. The van der Waals surface area contributed by atoms with Crippen molar-refractivity contribution < 1.29 is 4.74 Å². The number of rotatable bonds is 5. The number of nitrogens with zero attached hydrogens (tertiary/aromatic N) is 4. The third-order valence-corrected chi connectivity index (χ3v) is 2.57. The molecule has 0 bridgehead atoms. The summed E-state index contributed by atoms with van der Waals surface area (Å²) in [4.78, 5) is 8.40. The van der Waals surface area contributed by atoms with Gasteiger partial charge in [0.15, 0.2) is 5.75 Å². The largest absolute Gasteiger partial charge is 0.421 e. The maximum absolute atomic E-state index is 5.76. The van der Waals surface area contributed by atoms with Gasteiger partial charge in [-0.25, -0.2) is 4.98 Å². The molecule has 0 amide bonds. The van der Waals surface area contributed by atoms with Crippen molar-refractivity contribution >= 4 is 11.6 Å². The summed E-state index contributed by atoms with van der Waals surface area (Å²) in [5.41, 5.74) is 1.58. The molecular formula is C12H15ClN4O. The highest BCUT2D eigenvalue weighted by Gasteiger charge is 2.06. The summed E-state index contributed by atoms with van der Waals surface area (Å²) in [5.74, 6) is 0.976. The molecule has 6 heteroatoms. The third kappa shape index (κ3) is 3.20. The van der Waals surface area contributed by atoms with E-state index in [4.69, 9.17) is 16.3 Å². The Morgan fingerprint density at radius 1 is 1.39 bits per heavy atom. The van der Waals surface area contributed by atoms with Gasteiger partial charge in [-0.05, 0) is 19.4 Å². The third-order valence-electron chi connectivity index (χ3n) is 2.30. The molecule has 0 fully saturated rings. The van der Waals surface area contributed by atoms with Crippen molar-refractivity contribution in [2.45, 2.75) is 32.7 Å². The first-order chi connectivity index (χ1) is 8.71. The minimum absolute atomic E-state index is 0.307. The summed E-state index contributed by atoms with van der Waals surface area (Å²) >= 11 is 5.76. The first-order valence-corrected chi connectivity index (χ1v) is 6.35. The van der Waals surface area contributed by atoms with E-state index in [0.29, 0.717) is 17.6 Å². The monoisotopic (exact) mass is 266 g/mol. The van der Waals surface area contributed by atoms with E-state index in [0.717, 1.165) is 24.4 Å². The van der Waals surface area contributed by atoms with E-state index in [1.165, 1.54) is 0 Å². The van der Waals surface area contributed by atoms with Gasteiger partial charge in [0.05, 0.1) is 24.0 Å². The average molecular weight is 267 g/mol. The summed E-state index contributed by atoms with van der Waals surface area (Å²) in [6.45, 7) is 4.84. The second-order valence-corrected chi connectivity index (χ2v) is 4.23. The number of alkyl halides is 1. The van der Waals surface area contributed by atoms with Crippen molar-refractivity contribution in [2.75, 3.05) is 0 Å². The van der Waals surface area contributed by atoms with Crippen LogP contribution < -0.4 is 4.74 Å². The van der Waals surface area contributed by atoms with Crippen LogP contribution in [-0.2, 0) is 12.4 Å². The molecule has 2 aromatic heterocycles. The number of hydrogen-bond donors (Lipinski definition) is 0. The van der Waals surface area contributed by atoms with Crippen molar-refractivity contribution in [3.05, 3.63) is 29.8 Å². The summed E-state index contributed by atoms with van der Waals surface area (Å²) in [5, 5.41) is 4.18. The Morgan fingerprint density at radius 3 is 2.94 bits per heavy atom. The van der Waals surface area contributed by atoms with Gasteiger partial charge in [0, 0.05) is 12.2 Å². The molecule has 0 aliphatic heterocycles. The van der Waals surface area contributed by atoms with Crippen molar-refractivity contribution in [3.8, 4) is 11.8 Å². The Hall–Kier alpha value is -1.62. The summed E-state index contributed by atoms with van der Waals surface area (Å²) in [6.07, 6.45) is 4.51. The van der Waals surface area contributed by atoms with Crippen LogP contribution in [0.1, 0.15) is 24.7 Å². The van der Waals surface area contributed by atoms with E-state index in [-0.39, 0.29) is 0 Å². The van der Waals surface area contributed by atoms with Gasteiger partial charge < -0.3 is 4.74 Å². The lowest BCUT2D eigenvalue weighted by molar-refractivity contribution is 0.437. The topological polar surface area (TPSA) is 52.8 Å². The van der Waals surface area contributed by atoms with Crippen molar-refractivity contribution in [1.29, 1.82) is 0 Å². The normalized spacial score (nSPS) is 10.6. The number of aromatic nitrogens is 4. The van der Waals surface area contributed by atoms with Crippen LogP contribution in [0.5, 0.6) is 11.8 Å². The van der Waals surface area contributed by atoms with Gasteiger partial charge in [-0.2, -0.15) is 10.1 Å². The SMILES string of the molecule is CCCn1cc(Oc2nc(C)cc(CCl)n2)cn1. The van der Waals surface area contributed by atoms with Gasteiger partial charge >= 0.3 is 6.01 Å².